The van der Waals surface area contributed by atoms with Gasteiger partial charge in [0.15, 0.2) is 0 Å². The van der Waals surface area contributed by atoms with Crippen LogP contribution in [0, 0.1) is 5.41 Å². The first-order valence-electron chi connectivity index (χ1n) is 4.00. The first kappa shape index (κ1) is 11.7. The van der Waals surface area contributed by atoms with Gasteiger partial charge in [0.2, 0.25) is 5.91 Å². The highest BCUT2D eigenvalue weighted by molar-refractivity contribution is 5.93. The van der Waals surface area contributed by atoms with E-state index in [2.05, 4.69) is 5.32 Å². The molecule has 0 aromatic rings. The lowest BCUT2D eigenvalue weighted by atomic mass is 9.97. The Morgan fingerprint density at radius 3 is 2.23 bits per heavy atom. The molecule has 0 radical (unpaired) electrons. The third-order valence-corrected chi connectivity index (χ3v) is 1.17. The van der Waals surface area contributed by atoms with E-state index in [9.17, 15) is 9.59 Å². The average molecular weight is 185 g/mol. The predicted octanol–water partition coefficient (Wildman–Crippen LogP) is 0.790. The van der Waals surface area contributed by atoms with Crippen molar-refractivity contribution in [2.45, 2.75) is 20.8 Å². The Balaban J connectivity index is 3.83. The lowest BCUT2D eigenvalue weighted by Gasteiger charge is -2.17. The molecule has 1 amide bonds. The van der Waals surface area contributed by atoms with Crippen molar-refractivity contribution in [3.8, 4) is 0 Å². The number of aliphatic carboxylic acids is 1. The summed E-state index contributed by atoms with van der Waals surface area (Å²) in [5.74, 6) is -1.50. The van der Waals surface area contributed by atoms with Gasteiger partial charge in [0.1, 0.15) is 0 Å². The molecule has 0 fully saturated rings. The molecule has 0 aromatic carbocycles. The fraction of sp³-hybridized carbons (Fsp3) is 0.556. The highest BCUT2D eigenvalue weighted by Gasteiger charge is 2.10. The van der Waals surface area contributed by atoms with Gasteiger partial charge in [-0.1, -0.05) is 20.8 Å². The van der Waals surface area contributed by atoms with E-state index in [1.807, 2.05) is 20.8 Å². The molecule has 13 heavy (non-hydrogen) atoms. The lowest BCUT2D eigenvalue weighted by Crippen LogP contribution is -2.31. The molecule has 2 N–H and O–H groups in total. The monoisotopic (exact) mass is 185 g/mol. The van der Waals surface area contributed by atoms with Crippen LogP contribution in [-0.4, -0.2) is 23.5 Å². The van der Waals surface area contributed by atoms with Crippen LogP contribution in [0.25, 0.3) is 0 Å². The van der Waals surface area contributed by atoms with Gasteiger partial charge in [-0.2, -0.15) is 0 Å². The first-order chi connectivity index (χ1) is 5.81. The summed E-state index contributed by atoms with van der Waals surface area (Å²) < 4.78 is 0. The van der Waals surface area contributed by atoms with Crippen LogP contribution in [0.1, 0.15) is 20.8 Å². The Kier molecular flexibility index (Phi) is 4.17. The normalized spacial score (nSPS) is 11.6. The van der Waals surface area contributed by atoms with Gasteiger partial charge in [0.05, 0.1) is 0 Å². The minimum Gasteiger partial charge on any atom is -0.478 e. The summed E-state index contributed by atoms with van der Waals surface area (Å²) in [6, 6.07) is 0. The van der Waals surface area contributed by atoms with Gasteiger partial charge in [-0.3, -0.25) is 4.79 Å². The Morgan fingerprint density at radius 1 is 1.31 bits per heavy atom. The second kappa shape index (κ2) is 4.64. The summed E-state index contributed by atoms with van der Waals surface area (Å²) in [6.07, 6.45) is 1.83. The highest BCUT2D eigenvalue weighted by atomic mass is 16.4. The zero-order valence-electron chi connectivity index (χ0n) is 8.13. The van der Waals surface area contributed by atoms with Gasteiger partial charge in [-0.25, -0.2) is 4.79 Å². The van der Waals surface area contributed by atoms with E-state index < -0.39 is 5.97 Å². The van der Waals surface area contributed by atoms with Crippen LogP contribution in [0.5, 0.6) is 0 Å². The molecule has 0 unspecified atom stereocenters. The SMILES string of the molecule is CC(C)(C)CNC(=O)/C=C/C(=O)O. The smallest absolute Gasteiger partial charge is 0.328 e. The molecule has 0 saturated carbocycles. The van der Waals surface area contributed by atoms with Gasteiger partial charge in [-0.15, -0.1) is 0 Å². The number of hydrogen-bond donors (Lipinski definition) is 2. The van der Waals surface area contributed by atoms with Gasteiger partial charge < -0.3 is 10.4 Å². The van der Waals surface area contributed by atoms with Crippen LogP contribution in [-0.2, 0) is 9.59 Å². The number of rotatable bonds is 3. The number of amides is 1. The quantitative estimate of drug-likeness (QED) is 0.639. The van der Waals surface area contributed by atoms with Crippen LogP contribution in [0.2, 0.25) is 0 Å². The Bertz CT molecular complexity index is 226. The second-order valence-electron chi connectivity index (χ2n) is 3.95. The summed E-state index contributed by atoms with van der Waals surface area (Å²) in [6.45, 7) is 6.46. The van der Waals surface area contributed by atoms with Crippen molar-refractivity contribution in [2.24, 2.45) is 5.41 Å². The fourth-order valence-corrected chi connectivity index (χ4v) is 0.558. The summed E-state index contributed by atoms with van der Waals surface area (Å²) in [4.78, 5) is 21.0. The molecule has 0 aliphatic heterocycles. The molecule has 0 bridgehead atoms. The Morgan fingerprint density at radius 2 is 1.85 bits per heavy atom. The molecule has 4 nitrogen and oxygen atoms in total. The first-order valence-corrected chi connectivity index (χ1v) is 4.00. The van der Waals surface area contributed by atoms with Gasteiger partial charge in [0.25, 0.3) is 0 Å². The molecular weight excluding hydrogens is 170 g/mol. The van der Waals surface area contributed by atoms with E-state index in [-0.39, 0.29) is 11.3 Å². The molecule has 0 atom stereocenters. The molecule has 0 aliphatic carbocycles. The molecule has 0 heterocycles. The van der Waals surface area contributed by atoms with Gasteiger partial charge in [-0.05, 0) is 5.41 Å². The molecular formula is C9H15NO3. The lowest BCUT2D eigenvalue weighted by molar-refractivity contribution is -0.131. The zero-order valence-corrected chi connectivity index (χ0v) is 8.13. The van der Waals surface area contributed by atoms with E-state index in [1.165, 1.54) is 0 Å². The van der Waals surface area contributed by atoms with Gasteiger partial charge >= 0.3 is 5.97 Å². The minimum absolute atomic E-state index is 0.00667. The van der Waals surface area contributed by atoms with Crippen molar-refractivity contribution >= 4 is 11.9 Å². The molecule has 4 heteroatoms. The third-order valence-electron chi connectivity index (χ3n) is 1.17. The van der Waals surface area contributed by atoms with E-state index in [0.717, 1.165) is 12.2 Å². The molecule has 74 valence electrons. The van der Waals surface area contributed by atoms with E-state index in [4.69, 9.17) is 5.11 Å². The van der Waals surface area contributed by atoms with Crippen molar-refractivity contribution in [3.63, 3.8) is 0 Å². The number of carboxylic acids is 1. The molecule has 0 saturated heterocycles. The maximum absolute atomic E-state index is 10.9. The standard InChI is InChI=1S/C9H15NO3/c1-9(2,3)6-10-7(11)4-5-8(12)13/h4-5H,6H2,1-3H3,(H,10,11)(H,12,13)/b5-4+. The number of carboxylic acid groups (broad SMARTS) is 1. The highest BCUT2D eigenvalue weighted by Crippen LogP contribution is 2.09. The van der Waals surface area contributed by atoms with Crippen LogP contribution in [0.3, 0.4) is 0 Å². The van der Waals surface area contributed by atoms with Gasteiger partial charge in [0, 0.05) is 18.7 Å². The second-order valence-corrected chi connectivity index (χ2v) is 3.95. The average Bonchev–Trinajstić information content (AvgIpc) is 1.95. The van der Waals surface area contributed by atoms with E-state index in [0.29, 0.717) is 6.54 Å². The van der Waals surface area contributed by atoms with Crippen molar-refractivity contribution in [2.75, 3.05) is 6.54 Å². The van der Waals surface area contributed by atoms with Crippen LogP contribution in [0.15, 0.2) is 12.2 Å². The summed E-state index contributed by atoms with van der Waals surface area (Å²) >= 11 is 0. The minimum atomic E-state index is -1.12. The van der Waals surface area contributed by atoms with Crippen molar-refractivity contribution in [3.05, 3.63) is 12.2 Å². The molecule has 0 aliphatic rings. The number of nitrogens with one attached hydrogen (secondary N) is 1. The van der Waals surface area contributed by atoms with Crippen LogP contribution >= 0.6 is 0 Å². The van der Waals surface area contributed by atoms with E-state index >= 15 is 0 Å². The number of carbonyl (C=O) groups is 2. The van der Waals surface area contributed by atoms with E-state index in [1.54, 1.807) is 0 Å². The maximum Gasteiger partial charge on any atom is 0.328 e. The van der Waals surface area contributed by atoms with Crippen LogP contribution in [0.4, 0.5) is 0 Å². The fourth-order valence-electron chi connectivity index (χ4n) is 0.558. The largest absolute Gasteiger partial charge is 0.478 e. The summed E-state index contributed by atoms with van der Waals surface area (Å²) in [5, 5.41) is 10.8. The topological polar surface area (TPSA) is 66.4 Å². The van der Waals surface area contributed by atoms with Crippen LogP contribution < -0.4 is 5.32 Å². The Hall–Kier alpha value is -1.32. The molecule has 0 aromatic heterocycles. The summed E-state index contributed by atoms with van der Waals surface area (Å²) in [7, 11) is 0. The third kappa shape index (κ3) is 8.59. The number of carbonyl (C=O) groups excluding carboxylic acids is 1. The maximum atomic E-state index is 10.9. The summed E-state index contributed by atoms with van der Waals surface area (Å²) in [5.41, 5.74) is 0.00667. The van der Waals surface area contributed by atoms with Crippen molar-refractivity contribution in [1.29, 1.82) is 0 Å². The molecule has 0 rings (SSSR count). The predicted molar refractivity (Wildman–Crippen MR) is 49.2 cm³/mol. The van der Waals surface area contributed by atoms with Crippen molar-refractivity contribution < 1.29 is 14.7 Å². The zero-order chi connectivity index (χ0) is 10.5. The van der Waals surface area contributed by atoms with Crippen molar-refractivity contribution in [1.82, 2.24) is 5.32 Å². The Labute approximate surface area is 77.6 Å². The molecule has 0 spiro atoms. The number of hydrogen-bond acceptors (Lipinski definition) is 2.